The van der Waals surface area contributed by atoms with Crippen LogP contribution in [0.3, 0.4) is 0 Å². The number of aromatic nitrogens is 2. The Hall–Kier alpha value is -0.830. The molecule has 0 radical (unpaired) electrons. The maximum atomic E-state index is 6.50. The van der Waals surface area contributed by atoms with E-state index in [0.29, 0.717) is 5.92 Å². The lowest BCUT2D eigenvalue weighted by atomic mass is 9.73. The van der Waals surface area contributed by atoms with Crippen molar-refractivity contribution in [2.75, 3.05) is 0 Å². The Kier molecular flexibility index (Phi) is 3.87. The van der Waals surface area contributed by atoms with Crippen LogP contribution >= 0.6 is 0 Å². The van der Waals surface area contributed by atoms with Crippen molar-refractivity contribution in [1.82, 2.24) is 9.78 Å². The summed E-state index contributed by atoms with van der Waals surface area (Å²) in [6.45, 7) is 4.37. The van der Waals surface area contributed by atoms with Crippen LogP contribution in [0.15, 0.2) is 6.20 Å². The van der Waals surface area contributed by atoms with Gasteiger partial charge in [0.15, 0.2) is 0 Å². The first-order chi connectivity index (χ1) is 8.13. The molecule has 0 saturated heterocycles. The normalized spacial score (nSPS) is 27.1. The summed E-state index contributed by atoms with van der Waals surface area (Å²) < 4.78 is 1.88. The van der Waals surface area contributed by atoms with Crippen molar-refractivity contribution in [3.8, 4) is 0 Å². The minimum Gasteiger partial charge on any atom is -0.324 e. The molecule has 1 aromatic heterocycles. The fourth-order valence-corrected chi connectivity index (χ4v) is 3.39. The number of hydrogen-bond acceptors (Lipinski definition) is 2. The third-order valence-electron chi connectivity index (χ3n) is 4.36. The van der Waals surface area contributed by atoms with Gasteiger partial charge in [0.2, 0.25) is 0 Å². The van der Waals surface area contributed by atoms with Crippen LogP contribution in [0.2, 0.25) is 0 Å². The molecular weight excluding hydrogens is 210 g/mol. The maximum absolute atomic E-state index is 6.50. The first kappa shape index (κ1) is 12.6. The highest BCUT2D eigenvalue weighted by Gasteiger charge is 2.30. The quantitative estimate of drug-likeness (QED) is 0.875. The van der Waals surface area contributed by atoms with Gasteiger partial charge < -0.3 is 5.73 Å². The number of hydrogen-bond donors (Lipinski definition) is 1. The van der Waals surface area contributed by atoms with Crippen LogP contribution in [0, 0.1) is 18.8 Å². The smallest absolute Gasteiger partial charge is 0.0641 e. The molecule has 17 heavy (non-hydrogen) atoms. The van der Waals surface area contributed by atoms with E-state index in [1.165, 1.54) is 37.7 Å². The molecule has 3 heteroatoms. The standard InChI is InChI=1S/C14H25N3/c1-4-11-7-5-6-8-12(11)14(15)13-9-17(3)16-10(13)2/h9,11-12,14H,4-8,15H2,1-3H3. The van der Waals surface area contributed by atoms with E-state index in [1.54, 1.807) is 0 Å². The molecule has 0 amide bonds. The van der Waals surface area contributed by atoms with Crippen molar-refractivity contribution in [3.63, 3.8) is 0 Å². The van der Waals surface area contributed by atoms with E-state index in [2.05, 4.69) is 25.1 Å². The molecule has 1 saturated carbocycles. The van der Waals surface area contributed by atoms with Crippen LogP contribution in [0.4, 0.5) is 0 Å². The highest BCUT2D eigenvalue weighted by Crippen LogP contribution is 2.39. The fraction of sp³-hybridized carbons (Fsp3) is 0.786. The van der Waals surface area contributed by atoms with Gasteiger partial charge in [-0.15, -0.1) is 0 Å². The summed E-state index contributed by atoms with van der Waals surface area (Å²) >= 11 is 0. The van der Waals surface area contributed by atoms with Gasteiger partial charge >= 0.3 is 0 Å². The topological polar surface area (TPSA) is 43.8 Å². The van der Waals surface area contributed by atoms with Crippen LogP contribution < -0.4 is 5.73 Å². The summed E-state index contributed by atoms with van der Waals surface area (Å²) in [5, 5.41) is 4.41. The van der Waals surface area contributed by atoms with Crippen molar-refractivity contribution < 1.29 is 0 Å². The van der Waals surface area contributed by atoms with E-state index in [4.69, 9.17) is 5.73 Å². The van der Waals surface area contributed by atoms with Crippen molar-refractivity contribution in [3.05, 3.63) is 17.5 Å². The molecule has 1 aliphatic carbocycles. The Balaban J connectivity index is 2.17. The number of rotatable bonds is 3. The summed E-state index contributed by atoms with van der Waals surface area (Å²) in [6, 6.07) is 0.175. The summed E-state index contributed by atoms with van der Waals surface area (Å²) in [7, 11) is 1.97. The van der Waals surface area contributed by atoms with Gasteiger partial charge in [-0.2, -0.15) is 5.10 Å². The van der Waals surface area contributed by atoms with Gasteiger partial charge in [0.25, 0.3) is 0 Å². The van der Waals surface area contributed by atoms with E-state index < -0.39 is 0 Å². The molecule has 0 spiro atoms. The zero-order valence-electron chi connectivity index (χ0n) is 11.3. The molecule has 2 rings (SSSR count). The molecule has 0 aliphatic heterocycles. The third-order valence-corrected chi connectivity index (χ3v) is 4.36. The molecule has 1 heterocycles. The predicted octanol–water partition coefficient (Wildman–Crippen LogP) is 2.94. The zero-order chi connectivity index (χ0) is 12.4. The minimum absolute atomic E-state index is 0.175. The van der Waals surface area contributed by atoms with Crippen LogP contribution in [0.5, 0.6) is 0 Å². The first-order valence-electron chi connectivity index (χ1n) is 6.89. The molecule has 96 valence electrons. The molecule has 1 fully saturated rings. The summed E-state index contributed by atoms with van der Waals surface area (Å²) in [6.07, 6.45) is 8.73. The monoisotopic (exact) mass is 235 g/mol. The van der Waals surface area contributed by atoms with Crippen LogP contribution in [0.25, 0.3) is 0 Å². The first-order valence-corrected chi connectivity index (χ1v) is 6.89. The van der Waals surface area contributed by atoms with Crippen LogP contribution in [-0.2, 0) is 7.05 Å². The Bertz CT molecular complexity index is 370. The van der Waals surface area contributed by atoms with Crippen molar-refractivity contribution in [2.24, 2.45) is 24.6 Å². The van der Waals surface area contributed by atoms with Gasteiger partial charge in [-0.05, 0) is 25.2 Å². The Labute approximate surface area is 104 Å². The van der Waals surface area contributed by atoms with Gasteiger partial charge in [0.05, 0.1) is 5.69 Å². The van der Waals surface area contributed by atoms with Gasteiger partial charge in [0, 0.05) is 24.8 Å². The molecule has 1 aromatic rings. The lowest BCUT2D eigenvalue weighted by Gasteiger charge is -2.35. The van der Waals surface area contributed by atoms with E-state index in [9.17, 15) is 0 Å². The third kappa shape index (κ3) is 2.54. The zero-order valence-corrected chi connectivity index (χ0v) is 11.3. The number of nitrogens with two attached hydrogens (primary N) is 1. The molecular formula is C14H25N3. The number of aryl methyl sites for hydroxylation is 2. The van der Waals surface area contributed by atoms with Gasteiger partial charge in [0.1, 0.15) is 0 Å². The van der Waals surface area contributed by atoms with Crippen molar-refractivity contribution >= 4 is 0 Å². The van der Waals surface area contributed by atoms with Gasteiger partial charge in [-0.1, -0.05) is 32.6 Å². The Morgan fingerprint density at radius 1 is 1.47 bits per heavy atom. The molecule has 0 bridgehead atoms. The fourth-order valence-electron chi connectivity index (χ4n) is 3.39. The Morgan fingerprint density at radius 2 is 2.18 bits per heavy atom. The molecule has 3 unspecified atom stereocenters. The molecule has 1 aliphatic rings. The molecule has 3 nitrogen and oxygen atoms in total. The van der Waals surface area contributed by atoms with E-state index in [0.717, 1.165) is 11.6 Å². The predicted molar refractivity (Wildman–Crippen MR) is 70.6 cm³/mol. The summed E-state index contributed by atoms with van der Waals surface area (Å²) in [5.41, 5.74) is 8.84. The molecule has 0 aromatic carbocycles. The second-order valence-electron chi connectivity index (χ2n) is 5.49. The van der Waals surface area contributed by atoms with E-state index >= 15 is 0 Å². The Morgan fingerprint density at radius 3 is 2.76 bits per heavy atom. The minimum atomic E-state index is 0.175. The van der Waals surface area contributed by atoms with E-state index in [-0.39, 0.29) is 6.04 Å². The molecule has 2 N–H and O–H groups in total. The summed E-state index contributed by atoms with van der Waals surface area (Å²) in [5.74, 6) is 1.45. The highest BCUT2D eigenvalue weighted by atomic mass is 15.2. The van der Waals surface area contributed by atoms with Crippen LogP contribution in [0.1, 0.15) is 56.3 Å². The maximum Gasteiger partial charge on any atom is 0.0641 e. The summed E-state index contributed by atoms with van der Waals surface area (Å²) in [4.78, 5) is 0. The highest BCUT2D eigenvalue weighted by molar-refractivity contribution is 5.20. The second kappa shape index (κ2) is 5.21. The van der Waals surface area contributed by atoms with Gasteiger partial charge in [-0.3, -0.25) is 4.68 Å². The van der Waals surface area contributed by atoms with E-state index in [1.807, 2.05) is 11.7 Å². The number of nitrogens with zero attached hydrogens (tertiary/aromatic N) is 2. The van der Waals surface area contributed by atoms with Crippen LogP contribution in [-0.4, -0.2) is 9.78 Å². The SMILES string of the molecule is CCC1CCCCC1C(N)c1cn(C)nc1C. The van der Waals surface area contributed by atoms with Crippen molar-refractivity contribution in [2.45, 2.75) is 52.0 Å². The average molecular weight is 235 g/mol. The average Bonchev–Trinajstić information content (AvgIpc) is 2.67. The molecule has 3 atom stereocenters. The largest absolute Gasteiger partial charge is 0.324 e. The second-order valence-corrected chi connectivity index (χ2v) is 5.49. The lowest BCUT2D eigenvalue weighted by molar-refractivity contribution is 0.196. The lowest BCUT2D eigenvalue weighted by Crippen LogP contribution is -2.30. The van der Waals surface area contributed by atoms with Crippen molar-refractivity contribution in [1.29, 1.82) is 0 Å². The van der Waals surface area contributed by atoms with Gasteiger partial charge in [-0.25, -0.2) is 0 Å².